The molecule has 112 valence electrons. The largest absolute Gasteiger partial charge is 0.492 e. The van der Waals surface area contributed by atoms with E-state index in [0.29, 0.717) is 0 Å². The number of likely N-dealkylation sites (N-methyl/N-ethyl adjacent to an activating group) is 1. The van der Waals surface area contributed by atoms with Gasteiger partial charge in [0.05, 0.1) is 0 Å². The van der Waals surface area contributed by atoms with Gasteiger partial charge in [-0.25, -0.2) is 0 Å². The highest BCUT2D eigenvalue weighted by Gasteiger charge is 2.20. The van der Waals surface area contributed by atoms with Gasteiger partial charge in [0.2, 0.25) is 0 Å². The summed E-state index contributed by atoms with van der Waals surface area (Å²) in [5.74, 6) is 1.04. The van der Waals surface area contributed by atoms with E-state index in [0.717, 1.165) is 44.6 Å². The van der Waals surface area contributed by atoms with E-state index >= 15 is 0 Å². The summed E-state index contributed by atoms with van der Waals surface area (Å²) in [4.78, 5) is 2.39. The third kappa shape index (κ3) is 4.80. The minimum atomic E-state index is 0.735. The SMILES string of the molecule is CCN(CC)CCOc1ccc(C)cc1CNC1CC1. The van der Waals surface area contributed by atoms with Gasteiger partial charge in [0.1, 0.15) is 12.4 Å². The van der Waals surface area contributed by atoms with Crippen LogP contribution in [0.1, 0.15) is 37.8 Å². The van der Waals surface area contributed by atoms with Crippen molar-refractivity contribution < 1.29 is 4.74 Å². The predicted octanol–water partition coefficient (Wildman–Crippen LogP) is 2.97. The average Bonchev–Trinajstić information content (AvgIpc) is 3.27. The van der Waals surface area contributed by atoms with E-state index in [1.54, 1.807) is 0 Å². The summed E-state index contributed by atoms with van der Waals surface area (Å²) >= 11 is 0. The number of hydrogen-bond donors (Lipinski definition) is 1. The summed E-state index contributed by atoms with van der Waals surface area (Å²) in [6.07, 6.45) is 2.65. The van der Waals surface area contributed by atoms with Gasteiger partial charge in [-0.05, 0) is 38.9 Å². The highest BCUT2D eigenvalue weighted by atomic mass is 16.5. The Morgan fingerprint density at radius 3 is 2.65 bits per heavy atom. The molecule has 0 saturated heterocycles. The first-order chi connectivity index (χ1) is 9.72. The first-order valence-electron chi connectivity index (χ1n) is 7.91. The Balaban J connectivity index is 1.87. The topological polar surface area (TPSA) is 24.5 Å². The highest BCUT2D eigenvalue weighted by molar-refractivity contribution is 5.37. The van der Waals surface area contributed by atoms with Crippen LogP contribution in [-0.2, 0) is 6.54 Å². The van der Waals surface area contributed by atoms with Crippen molar-refractivity contribution in [3.8, 4) is 5.75 Å². The first-order valence-corrected chi connectivity index (χ1v) is 7.91. The molecule has 0 bridgehead atoms. The zero-order chi connectivity index (χ0) is 14.4. The van der Waals surface area contributed by atoms with Gasteiger partial charge in [-0.15, -0.1) is 0 Å². The Hall–Kier alpha value is -1.06. The molecule has 0 heterocycles. The monoisotopic (exact) mass is 276 g/mol. The second-order valence-electron chi connectivity index (χ2n) is 5.64. The number of nitrogens with one attached hydrogen (secondary N) is 1. The molecule has 1 aliphatic rings. The van der Waals surface area contributed by atoms with Crippen LogP contribution in [0.15, 0.2) is 18.2 Å². The normalized spacial score (nSPS) is 14.8. The average molecular weight is 276 g/mol. The fourth-order valence-electron chi connectivity index (χ4n) is 2.35. The summed E-state index contributed by atoms with van der Waals surface area (Å²) in [7, 11) is 0. The van der Waals surface area contributed by atoms with E-state index in [9.17, 15) is 0 Å². The Labute approximate surface area is 123 Å². The van der Waals surface area contributed by atoms with Crippen LogP contribution in [0.2, 0.25) is 0 Å². The van der Waals surface area contributed by atoms with Gasteiger partial charge in [0.25, 0.3) is 0 Å². The molecule has 1 N–H and O–H groups in total. The number of benzene rings is 1. The lowest BCUT2D eigenvalue weighted by Gasteiger charge is -2.19. The van der Waals surface area contributed by atoms with E-state index in [-0.39, 0.29) is 0 Å². The quantitative estimate of drug-likeness (QED) is 0.750. The molecule has 0 aromatic heterocycles. The maximum absolute atomic E-state index is 6.00. The molecule has 3 nitrogen and oxygen atoms in total. The molecule has 0 atom stereocenters. The molecule has 1 fully saturated rings. The van der Waals surface area contributed by atoms with Crippen molar-refractivity contribution in [3.05, 3.63) is 29.3 Å². The van der Waals surface area contributed by atoms with Crippen molar-refractivity contribution in [2.45, 2.75) is 46.2 Å². The van der Waals surface area contributed by atoms with Crippen LogP contribution in [0, 0.1) is 6.92 Å². The highest BCUT2D eigenvalue weighted by Crippen LogP contribution is 2.23. The lowest BCUT2D eigenvalue weighted by molar-refractivity contribution is 0.221. The lowest BCUT2D eigenvalue weighted by Crippen LogP contribution is -2.28. The zero-order valence-corrected chi connectivity index (χ0v) is 13.1. The van der Waals surface area contributed by atoms with Gasteiger partial charge in [0.15, 0.2) is 0 Å². The van der Waals surface area contributed by atoms with Gasteiger partial charge in [-0.1, -0.05) is 31.5 Å². The number of aryl methyl sites for hydroxylation is 1. The standard InChI is InChI=1S/C17H28N2O/c1-4-19(5-2)10-11-20-17-9-6-14(3)12-15(17)13-18-16-7-8-16/h6,9,12,16,18H,4-5,7-8,10-11,13H2,1-3H3. The molecule has 3 heteroatoms. The third-order valence-corrected chi connectivity index (χ3v) is 3.93. The lowest BCUT2D eigenvalue weighted by atomic mass is 10.1. The fourth-order valence-corrected chi connectivity index (χ4v) is 2.35. The van der Waals surface area contributed by atoms with E-state index in [2.05, 4.69) is 49.2 Å². The van der Waals surface area contributed by atoms with E-state index in [1.165, 1.54) is 24.0 Å². The summed E-state index contributed by atoms with van der Waals surface area (Å²) in [5, 5.41) is 3.57. The van der Waals surface area contributed by atoms with Gasteiger partial charge in [-0.3, -0.25) is 0 Å². The zero-order valence-electron chi connectivity index (χ0n) is 13.1. The van der Waals surface area contributed by atoms with Crippen LogP contribution in [0.5, 0.6) is 5.75 Å². The predicted molar refractivity (Wildman–Crippen MR) is 84.3 cm³/mol. The third-order valence-electron chi connectivity index (χ3n) is 3.93. The Morgan fingerprint density at radius 1 is 1.25 bits per heavy atom. The van der Waals surface area contributed by atoms with E-state index in [4.69, 9.17) is 4.74 Å². The van der Waals surface area contributed by atoms with Crippen molar-refractivity contribution >= 4 is 0 Å². The molecule has 0 amide bonds. The number of hydrogen-bond acceptors (Lipinski definition) is 3. The van der Waals surface area contributed by atoms with Gasteiger partial charge in [0, 0.05) is 24.7 Å². The minimum absolute atomic E-state index is 0.735. The summed E-state index contributed by atoms with van der Waals surface area (Å²) in [5.41, 5.74) is 2.59. The van der Waals surface area contributed by atoms with Crippen LogP contribution in [-0.4, -0.2) is 37.2 Å². The van der Waals surface area contributed by atoms with E-state index < -0.39 is 0 Å². The molecular weight excluding hydrogens is 248 g/mol. The summed E-state index contributed by atoms with van der Waals surface area (Å²) < 4.78 is 6.00. The van der Waals surface area contributed by atoms with Crippen molar-refractivity contribution in [1.82, 2.24) is 10.2 Å². The van der Waals surface area contributed by atoms with Crippen LogP contribution < -0.4 is 10.1 Å². The van der Waals surface area contributed by atoms with Crippen molar-refractivity contribution in [3.63, 3.8) is 0 Å². The second kappa shape index (κ2) is 7.65. The Morgan fingerprint density at radius 2 is 2.00 bits per heavy atom. The molecule has 1 aromatic carbocycles. The van der Waals surface area contributed by atoms with Crippen molar-refractivity contribution in [2.75, 3.05) is 26.2 Å². The molecule has 20 heavy (non-hydrogen) atoms. The molecule has 0 unspecified atom stereocenters. The number of rotatable bonds is 9. The first kappa shape index (κ1) is 15.3. The second-order valence-corrected chi connectivity index (χ2v) is 5.64. The maximum atomic E-state index is 6.00. The Kier molecular flexibility index (Phi) is 5.86. The number of nitrogens with zero attached hydrogens (tertiary/aromatic N) is 1. The fraction of sp³-hybridized carbons (Fsp3) is 0.647. The van der Waals surface area contributed by atoms with E-state index in [1.807, 2.05) is 0 Å². The molecular formula is C17H28N2O. The van der Waals surface area contributed by atoms with Gasteiger partial charge < -0.3 is 15.0 Å². The summed E-state index contributed by atoms with van der Waals surface area (Å²) in [6, 6.07) is 7.22. The van der Waals surface area contributed by atoms with Crippen LogP contribution in [0.3, 0.4) is 0 Å². The van der Waals surface area contributed by atoms with Crippen molar-refractivity contribution in [1.29, 1.82) is 0 Å². The molecule has 2 rings (SSSR count). The molecule has 0 aliphatic heterocycles. The molecule has 0 radical (unpaired) electrons. The van der Waals surface area contributed by atoms with Gasteiger partial charge >= 0.3 is 0 Å². The van der Waals surface area contributed by atoms with Crippen molar-refractivity contribution in [2.24, 2.45) is 0 Å². The smallest absolute Gasteiger partial charge is 0.123 e. The minimum Gasteiger partial charge on any atom is -0.492 e. The van der Waals surface area contributed by atoms with Crippen LogP contribution in [0.4, 0.5) is 0 Å². The Bertz CT molecular complexity index is 411. The summed E-state index contributed by atoms with van der Waals surface area (Å²) in [6.45, 7) is 11.4. The molecule has 0 spiro atoms. The maximum Gasteiger partial charge on any atom is 0.123 e. The van der Waals surface area contributed by atoms with Crippen LogP contribution >= 0.6 is 0 Å². The molecule has 1 saturated carbocycles. The molecule has 1 aliphatic carbocycles. The number of ether oxygens (including phenoxy) is 1. The van der Waals surface area contributed by atoms with Gasteiger partial charge in [-0.2, -0.15) is 0 Å². The van der Waals surface area contributed by atoms with Crippen LogP contribution in [0.25, 0.3) is 0 Å². The molecule has 1 aromatic rings.